The summed E-state index contributed by atoms with van der Waals surface area (Å²) in [5, 5.41) is 0. The lowest BCUT2D eigenvalue weighted by molar-refractivity contribution is -0.264. The molecule has 2 aromatic heterocycles. The van der Waals surface area contributed by atoms with Gasteiger partial charge in [-0.3, -0.25) is 0 Å². The van der Waals surface area contributed by atoms with Crippen molar-refractivity contribution in [2.45, 2.75) is 0 Å². The van der Waals surface area contributed by atoms with Gasteiger partial charge in [0.25, 0.3) is 0 Å². The Balaban J connectivity index is 2.95. The molecule has 2 aromatic rings. The molecule has 0 aliphatic heterocycles. The van der Waals surface area contributed by atoms with E-state index in [1.165, 1.54) is 6.33 Å². The van der Waals surface area contributed by atoms with Crippen LogP contribution >= 0.6 is 0 Å². The molecule has 3 N–H and O–H groups in total. The smallest absolute Gasteiger partial charge is 0.357 e. The molecule has 0 unspecified atom stereocenters. The van der Waals surface area contributed by atoms with Gasteiger partial charge in [0, 0.05) is 0 Å². The summed E-state index contributed by atoms with van der Waals surface area (Å²) < 4.78 is 0. The van der Waals surface area contributed by atoms with E-state index in [4.69, 9.17) is 5.73 Å². The zero-order chi connectivity index (χ0) is 6.97. The lowest BCUT2D eigenvalue weighted by Gasteiger charge is -1.75. The number of hydrogen-bond acceptors (Lipinski definition) is 3. The van der Waals surface area contributed by atoms with Crippen LogP contribution in [0.4, 0.5) is 5.82 Å². The van der Waals surface area contributed by atoms with Gasteiger partial charge < -0.3 is 5.73 Å². The SMILES string of the molecule is Nc1nc#[n+]c2[nH]cnc12. The molecular formula is C5H4N5+. The Morgan fingerprint density at radius 2 is 2.60 bits per heavy atom. The Bertz CT molecular complexity index is 352. The van der Waals surface area contributed by atoms with Crippen LogP contribution in [0.15, 0.2) is 6.33 Å². The number of nitrogen functional groups attached to an aromatic ring is 1. The predicted molar refractivity (Wildman–Crippen MR) is 32.7 cm³/mol. The highest BCUT2D eigenvalue weighted by Gasteiger charge is 2.07. The molecule has 0 saturated carbocycles. The Hall–Kier alpha value is -1.83. The van der Waals surface area contributed by atoms with E-state index in [0.29, 0.717) is 17.0 Å². The average Bonchev–Trinajstić information content (AvgIpc) is 2.36. The number of aromatic nitrogens is 4. The second-order valence-corrected chi connectivity index (χ2v) is 1.81. The molecule has 2 heterocycles. The first-order chi connectivity index (χ1) is 4.88. The highest BCUT2D eigenvalue weighted by molar-refractivity contribution is 5.77. The van der Waals surface area contributed by atoms with Crippen LogP contribution in [0.3, 0.4) is 0 Å². The van der Waals surface area contributed by atoms with Gasteiger partial charge >= 0.3 is 12.0 Å². The molecule has 0 aromatic carbocycles. The largest absolute Gasteiger partial charge is 0.367 e. The number of hydrogen-bond donors (Lipinski definition) is 2. The highest BCUT2D eigenvalue weighted by atomic mass is 15.0. The zero-order valence-electron chi connectivity index (χ0n) is 5.00. The highest BCUT2D eigenvalue weighted by Crippen LogP contribution is 2.05. The number of fused-ring (bicyclic) bond motifs is 1. The van der Waals surface area contributed by atoms with Crippen molar-refractivity contribution in [2.24, 2.45) is 0 Å². The van der Waals surface area contributed by atoms with Crippen LogP contribution in [0, 0.1) is 6.33 Å². The summed E-state index contributed by atoms with van der Waals surface area (Å²) in [4.78, 5) is 14.1. The van der Waals surface area contributed by atoms with Gasteiger partial charge in [0.15, 0.2) is 6.33 Å². The number of aromatic amines is 1. The standard InChI is InChI=1S/C5H3N5/c6-4-3-5(9-1-7-3)10-2-8-4/h1H,(H2,6,7,9)/p+1. The lowest BCUT2D eigenvalue weighted by Crippen LogP contribution is -1.98. The van der Waals surface area contributed by atoms with E-state index in [-0.39, 0.29) is 0 Å². The van der Waals surface area contributed by atoms with E-state index in [2.05, 4.69) is 26.3 Å². The average molecular weight is 134 g/mol. The first kappa shape index (κ1) is 4.99. The van der Waals surface area contributed by atoms with Crippen molar-refractivity contribution >= 4 is 17.0 Å². The maximum Gasteiger partial charge on any atom is 0.357 e. The molecule has 5 nitrogen and oxygen atoms in total. The first-order valence-corrected chi connectivity index (χ1v) is 2.70. The molecule has 0 atom stereocenters. The van der Waals surface area contributed by atoms with Crippen LogP contribution in [0.5, 0.6) is 0 Å². The quantitative estimate of drug-likeness (QED) is 0.481. The topological polar surface area (TPSA) is 81.7 Å². The van der Waals surface area contributed by atoms with E-state index in [1.807, 2.05) is 0 Å². The molecule has 2 rings (SSSR count). The van der Waals surface area contributed by atoms with Crippen molar-refractivity contribution in [1.29, 1.82) is 0 Å². The maximum atomic E-state index is 5.44. The molecule has 48 valence electrons. The summed E-state index contributed by atoms with van der Waals surface area (Å²) in [7, 11) is 0. The van der Waals surface area contributed by atoms with E-state index >= 15 is 0 Å². The normalized spacial score (nSPS) is 9.60. The molecular weight excluding hydrogens is 130 g/mol. The lowest BCUT2D eigenvalue weighted by atomic mass is 10.5. The molecule has 0 amide bonds. The number of imidazole rings is 1. The zero-order valence-corrected chi connectivity index (χ0v) is 5.00. The predicted octanol–water partition coefficient (Wildman–Crippen LogP) is -1.06. The van der Waals surface area contributed by atoms with E-state index < -0.39 is 0 Å². The summed E-state index contributed by atoms with van der Waals surface area (Å²) in [5.74, 6) is 0.353. The first-order valence-electron chi connectivity index (χ1n) is 2.70. The molecule has 0 radical (unpaired) electrons. The Kier molecular flexibility index (Phi) is 0.786. The van der Waals surface area contributed by atoms with Crippen LogP contribution in [-0.4, -0.2) is 15.0 Å². The van der Waals surface area contributed by atoms with Crippen molar-refractivity contribution in [3.05, 3.63) is 12.7 Å². The van der Waals surface area contributed by atoms with Crippen molar-refractivity contribution < 1.29 is 4.98 Å². The van der Waals surface area contributed by atoms with Gasteiger partial charge in [-0.1, -0.05) is 0 Å². The minimum absolute atomic E-state index is 0.353. The third-order valence-corrected chi connectivity index (χ3v) is 1.19. The molecule has 0 saturated heterocycles. The van der Waals surface area contributed by atoms with Crippen LogP contribution < -0.4 is 10.7 Å². The fraction of sp³-hybridized carbons (Fsp3) is 0. The molecule has 10 heavy (non-hydrogen) atoms. The number of nitrogens with two attached hydrogens (primary N) is 1. The van der Waals surface area contributed by atoms with Gasteiger partial charge in [-0.05, 0) is 4.98 Å². The molecule has 0 fully saturated rings. The molecule has 0 spiro atoms. The van der Waals surface area contributed by atoms with Crippen LogP contribution in [0.2, 0.25) is 0 Å². The summed E-state index contributed by atoms with van der Waals surface area (Å²) >= 11 is 0. The number of rotatable bonds is 0. The fourth-order valence-corrected chi connectivity index (χ4v) is 0.742. The number of H-pyrrole nitrogens is 1. The summed E-state index contributed by atoms with van der Waals surface area (Å²) in [6, 6.07) is 0. The Morgan fingerprint density at radius 1 is 1.70 bits per heavy atom. The summed E-state index contributed by atoms with van der Waals surface area (Å²) in [6.07, 6.45) is 3.91. The second-order valence-electron chi connectivity index (χ2n) is 1.81. The fourth-order valence-electron chi connectivity index (χ4n) is 0.742. The minimum Gasteiger partial charge on any atom is -0.367 e. The molecule has 0 bridgehead atoms. The monoisotopic (exact) mass is 134 g/mol. The molecule has 5 heteroatoms. The minimum atomic E-state index is 0.353. The van der Waals surface area contributed by atoms with Crippen molar-refractivity contribution in [2.75, 3.05) is 5.73 Å². The third-order valence-electron chi connectivity index (χ3n) is 1.19. The van der Waals surface area contributed by atoms with Gasteiger partial charge in [-0.15, -0.1) is 0 Å². The van der Waals surface area contributed by atoms with Crippen LogP contribution in [0.25, 0.3) is 11.2 Å². The van der Waals surface area contributed by atoms with Crippen molar-refractivity contribution in [3.8, 4) is 0 Å². The second kappa shape index (κ2) is 1.57. The van der Waals surface area contributed by atoms with Crippen LogP contribution in [-0.2, 0) is 0 Å². The summed E-state index contributed by atoms with van der Waals surface area (Å²) in [6.45, 7) is 0. The van der Waals surface area contributed by atoms with Gasteiger partial charge in [0.2, 0.25) is 11.3 Å². The van der Waals surface area contributed by atoms with Gasteiger partial charge in [0.05, 0.1) is 0 Å². The van der Waals surface area contributed by atoms with Gasteiger partial charge in [-0.25, -0.2) is 9.97 Å². The number of nitrogens with one attached hydrogen (secondary N) is 1. The maximum absolute atomic E-state index is 5.44. The Morgan fingerprint density at radius 3 is 3.40 bits per heavy atom. The van der Waals surface area contributed by atoms with E-state index in [1.54, 1.807) is 0 Å². The molecule has 0 aliphatic rings. The third kappa shape index (κ3) is 0.500. The van der Waals surface area contributed by atoms with Gasteiger partial charge in [-0.2, -0.15) is 4.98 Å². The summed E-state index contributed by atoms with van der Waals surface area (Å²) in [5.41, 5.74) is 6.65. The van der Waals surface area contributed by atoms with Gasteiger partial charge in [0.1, 0.15) is 0 Å². The molecule has 0 aliphatic carbocycles. The van der Waals surface area contributed by atoms with Crippen LogP contribution in [0.1, 0.15) is 0 Å². The van der Waals surface area contributed by atoms with E-state index in [0.717, 1.165) is 0 Å². The number of nitrogens with zero attached hydrogens (tertiary/aromatic N) is 3. The van der Waals surface area contributed by atoms with E-state index in [9.17, 15) is 0 Å². The van der Waals surface area contributed by atoms with Crippen molar-refractivity contribution in [3.63, 3.8) is 0 Å². The Labute approximate surface area is 56.3 Å². The number of anilines is 1. The van der Waals surface area contributed by atoms with Crippen molar-refractivity contribution in [1.82, 2.24) is 15.0 Å².